The van der Waals surface area contributed by atoms with Gasteiger partial charge in [-0.15, -0.1) is 0 Å². The van der Waals surface area contributed by atoms with Crippen molar-refractivity contribution in [1.82, 2.24) is 0 Å². The summed E-state index contributed by atoms with van der Waals surface area (Å²) in [5.74, 6) is 0. The lowest BCUT2D eigenvalue weighted by Gasteiger charge is -2.07. The molecule has 0 unspecified atom stereocenters. The molecule has 1 aromatic rings. The van der Waals surface area contributed by atoms with Crippen LogP contribution in [0.25, 0.3) is 5.70 Å². The fourth-order valence-electron chi connectivity index (χ4n) is 1.16. The average molecular weight is 207 g/mol. The molecule has 0 aliphatic heterocycles. The van der Waals surface area contributed by atoms with E-state index in [2.05, 4.69) is 0 Å². The van der Waals surface area contributed by atoms with Gasteiger partial charge in [0.25, 0.3) is 0 Å². The number of benzene rings is 1. The van der Waals surface area contributed by atoms with Gasteiger partial charge in [-0.25, -0.2) is 0 Å². The van der Waals surface area contributed by atoms with Gasteiger partial charge in [-0.2, -0.15) is 5.26 Å². The number of hydrogen-bond acceptors (Lipinski definition) is 2. The molecule has 1 rings (SSSR count). The zero-order valence-electron chi connectivity index (χ0n) is 8.13. The molecule has 0 bridgehead atoms. The van der Waals surface area contributed by atoms with Gasteiger partial charge in [-0.3, -0.25) is 0 Å². The minimum Gasteiger partial charge on any atom is -0.397 e. The molecule has 1 aromatic carbocycles. The Labute approximate surface area is 88.6 Å². The second kappa shape index (κ2) is 4.17. The number of nitriles is 1. The van der Waals surface area contributed by atoms with E-state index in [1.807, 2.05) is 25.1 Å². The lowest BCUT2D eigenvalue weighted by Crippen LogP contribution is -2.01. The van der Waals surface area contributed by atoms with Crippen LogP contribution in [0, 0.1) is 18.3 Å². The SMILES string of the molecule is C/C(C#N)=C(/N)c1cccc(Cl)c1C. The van der Waals surface area contributed by atoms with Crippen LogP contribution in [0.4, 0.5) is 0 Å². The van der Waals surface area contributed by atoms with Gasteiger partial charge in [0.15, 0.2) is 0 Å². The van der Waals surface area contributed by atoms with Crippen molar-refractivity contribution in [2.24, 2.45) is 5.73 Å². The van der Waals surface area contributed by atoms with Crippen molar-refractivity contribution in [3.05, 3.63) is 39.9 Å². The van der Waals surface area contributed by atoms with E-state index in [1.165, 1.54) is 0 Å². The van der Waals surface area contributed by atoms with Crippen LogP contribution >= 0.6 is 11.6 Å². The summed E-state index contributed by atoms with van der Waals surface area (Å²) in [4.78, 5) is 0. The molecular formula is C11H11ClN2. The molecule has 0 aliphatic carbocycles. The Morgan fingerprint density at radius 3 is 2.71 bits per heavy atom. The van der Waals surface area contributed by atoms with Crippen LogP contribution in [0.2, 0.25) is 5.02 Å². The highest BCUT2D eigenvalue weighted by Gasteiger charge is 2.06. The molecule has 0 radical (unpaired) electrons. The average Bonchev–Trinajstić information content (AvgIpc) is 2.20. The third kappa shape index (κ3) is 1.89. The number of allylic oxidation sites excluding steroid dienone is 1. The van der Waals surface area contributed by atoms with Gasteiger partial charge in [-0.1, -0.05) is 23.7 Å². The molecule has 0 fully saturated rings. The zero-order valence-corrected chi connectivity index (χ0v) is 8.89. The first-order chi connectivity index (χ1) is 6.57. The van der Waals surface area contributed by atoms with Crippen molar-refractivity contribution in [3.8, 4) is 6.07 Å². The van der Waals surface area contributed by atoms with Gasteiger partial charge in [0.05, 0.1) is 11.8 Å². The fraction of sp³-hybridized carbons (Fsp3) is 0.182. The molecule has 0 aliphatic rings. The summed E-state index contributed by atoms with van der Waals surface area (Å²) in [6.07, 6.45) is 0. The van der Waals surface area contributed by atoms with Crippen molar-refractivity contribution in [2.45, 2.75) is 13.8 Å². The van der Waals surface area contributed by atoms with Gasteiger partial charge >= 0.3 is 0 Å². The highest BCUT2D eigenvalue weighted by atomic mass is 35.5. The van der Waals surface area contributed by atoms with Crippen molar-refractivity contribution < 1.29 is 0 Å². The van der Waals surface area contributed by atoms with Crippen LogP contribution in [0.3, 0.4) is 0 Å². The number of halogens is 1. The van der Waals surface area contributed by atoms with E-state index >= 15 is 0 Å². The van der Waals surface area contributed by atoms with Crippen LogP contribution in [0.15, 0.2) is 23.8 Å². The van der Waals surface area contributed by atoms with E-state index < -0.39 is 0 Å². The summed E-state index contributed by atoms with van der Waals surface area (Å²) in [7, 11) is 0. The highest BCUT2D eigenvalue weighted by molar-refractivity contribution is 6.31. The van der Waals surface area contributed by atoms with E-state index in [1.54, 1.807) is 13.0 Å². The van der Waals surface area contributed by atoms with E-state index in [4.69, 9.17) is 22.6 Å². The number of rotatable bonds is 1. The predicted molar refractivity (Wildman–Crippen MR) is 58.6 cm³/mol. The summed E-state index contributed by atoms with van der Waals surface area (Å²) in [6, 6.07) is 7.50. The van der Waals surface area contributed by atoms with Crippen molar-refractivity contribution in [3.63, 3.8) is 0 Å². The molecule has 3 heteroatoms. The molecule has 0 spiro atoms. The van der Waals surface area contributed by atoms with Crippen molar-refractivity contribution in [1.29, 1.82) is 5.26 Å². The molecule has 0 atom stereocenters. The summed E-state index contributed by atoms with van der Waals surface area (Å²) in [5.41, 5.74) is 8.55. The molecule has 2 N–H and O–H groups in total. The maximum atomic E-state index is 8.71. The second-order valence-electron chi connectivity index (χ2n) is 3.06. The quantitative estimate of drug-likeness (QED) is 0.719. The monoisotopic (exact) mass is 206 g/mol. The van der Waals surface area contributed by atoms with Gasteiger partial charge < -0.3 is 5.73 Å². The first-order valence-electron chi connectivity index (χ1n) is 4.20. The first-order valence-corrected chi connectivity index (χ1v) is 4.57. The summed E-state index contributed by atoms with van der Waals surface area (Å²) < 4.78 is 0. The zero-order chi connectivity index (χ0) is 10.7. The van der Waals surface area contributed by atoms with Crippen LogP contribution in [0.1, 0.15) is 18.1 Å². The van der Waals surface area contributed by atoms with Crippen LogP contribution in [-0.4, -0.2) is 0 Å². The minimum absolute atomic E-state index is 0.493. The van der Waals surface area contributed by atoms with Crippen LogP contribution < -0.4 is 5.73 Å². The molecule has 0 aromatic heterocycles. The molecular weight excluding hydrogens is 196 g/mol. The van der Waals surface area contributed by atoms with E-state index in [-0.39, 0.29) is 0 Å². The number of hydrogen-bond donors (Lipinski definition) is 1. The summed E-state index contributed by atoms with van der Waals surface area (Å²) in [6.45, 7) is 3.57. The standard InChI is InChI=1S/C11H11ClN2/c1-7(6-13)11(14)9-4-3-5-10(12)8(9)2/h3-5H,14H2,1-2H3/b11-7-. The Morgan fingerprint density at radius 1 is 1.50 bits per heavy atom. The highest BCUT2D eigenvalue weighted by Crippen LogP contribution is 2.23. The Hall–Kier alpha value is -1.46. The number of nitrogens with zero attached hydrogens (tertiary/aromatic N) is 1. The topological polar surface area (TPSA) is 49.8 Å². The molecule has 14 heavy (non-hydrogen) atoms. The lowest BCUT2D eigenvalue weighted by atomic mass is 10.0. The maximum Gasteiger partial charge on any atom is 0.0965 e. The first kappa shape index (κ1) is 10.6. The third-order valence-electron chi connectivity index (χ3n) is 2.13. The normalized spacial score (nSPS) is 11.9. The molecule has 72 valence electrons. The maximum absolute atomic E-state index is 8.71. The smallest absolute Gasteiger partial charge is 0.0965 e. The Morgan fingerprint density at radius 2 is 2.14 bits per heavy atom. The molecule has 2 nitrogen and oxygen atoms in total. The van der Waals surface area contributed by atoms with Gasteiger partial charge in [0.2, 0.25) is 0 Å². The Bertz CT molecular complexity index is 427. The molecule has 0 saturated heterocycles. The third-order valence-corrected chi connectivity index (χ3v) is 2.54. The largest absolute Gasteiger partial charge is 0.397 e. The summed E-state index contributed by atoms with van der Waals surface area (Å²) in [5, 5.41) is 9.37. The lowest BCUT2D eigenvalue weighted by molar-refractivity contribution is 1.35. The van der Waals surface area contributed by atoms with E-state index in [9.17, 15) is 0 Å². The fourth-order valence-corrected chi connectivity index (χ4v) is 1.34. The van der Waals surface area contributed by atoms with Crippen LogP contribution in [-0.2, 0) is 0 Å². The van der Waals surface area contributed by atoms with Crippen molar-refractivity contribution in [2.75, 3.05) is 0 Å². The van der Waals surface area contributed by atoms with E-state index in [0.29, 0.717) is 16.3 Å². The van der Waals surface area contributed by atoms with E-state index in [0.717, 1.165) is 11.1 Å². The molecule has 0 amide bonds. The molecule has 0 heterocycles. The van der Waals surface area contributed by atoms with Gasteiger partial charge in [0, 0.05) is 16.2 Å². The van der Waals surface area contributed by atoms with Crippen molar-refractivity contribution >= 4 is 17.3 Å². The van der Waals surface area contributed by atoms with Gasteiger partial charge in [-0.05, 0) is 25.5 Å². The Balaban J connectivity index is 3.36. The van der Waals surface area contributed by atoms with Gasteiger partial charge in [0.1, 0.15) is 0 Å². The minimum atomic E-state index is 0.493. The molecule has 0 saturated carbocycles. The predicted octanol–water partition coefficient (Wildman–Crippen LogP) is 2.86. The van der Waals surface area contributed by atoms with Crippen LogP contribution in [0.5, 0.6) is 0 Å². The Kier molecular flexibility index (Phi) is 3.16. The second-order valence-corrected chi connectivity index (χ2v) is 3.47. The summed E-state index contributed by atoms with van der Waals surface area (Å²) >= 11 is 5.94. The number of nitrogens with two attached hydrogens (primary N) is 1.